The van der Waals surface area contributed by atoms with Crippen LogP contribution in [0.3, 0.4) is 0 Å². The van der Waals surface area contributed by atoms with Crippen molar-refractivity contribution in [1.29, 1.82) is 0 Å². The first-order valence-electron chi connectivity index (χ1n) is 16.6. The van der Waals surface area contributed by atoms with Crippen LogP contribution < -0.4 is 14.2 Å². The molecule has 292 valence electrons. The number of hydrogen-bond donors (Lipinski definition) is 0. The summed E-state index contributed by atoms with van der Waals surface area (Å²) in [6.07, 6.45) is -4.88. The summed E-state index contributed by atoms with van der Waals surface area (Å²) in [5, 5.41) is 12.8. The van der Waals surface area contributed by atoms with Crippen molar-refractivity contribution in [3.05, 3.63) is 135 Å². The molecule has 1 aromatic heterocycles. The van der Waals surface area contributed by atoms with Crippen LogP contribution in [0.4, 0.5) is 13.2 Å². The van der Waals surface area contributed by atoms with Crippen LogP contribution in [-0.2, 0) is 45.7 Å². The summed E-state index contributed by atoms with van der Waals surface area (Å²) >= 11 is 1.85. The first-order valence-corrected chi connectivity index (χ1v) is 20.6. The number of benzene rings is 5. The van der Waals surface area contributed by atoms with E-state index in [-0.39, 0.29) is 34.6 Å². The van der Waals surface area contributed by atoms with Crippen molar-refractivity contribution in [3.8, 4) is 28.6 Å². The van der Waals surface area contributed by atoms with E-state index < -0.39 is 46.3 Å². The molecule has 0 aliphatic rings. The number of ether oxygens (including phenoxy) is 3. The molecule has 6 aromatic rings. The van der Waals surface area contributed by atoms with Crippen molar-refractivity contribution in [2.24, 2.45) is 0 Å². The SMILES string of the molecule is COc1ccc(CN(Cc2ccc(OC)cc2)S(=O)(=O)c2c(S(=O)(=O)c3cccc(C(F)(F)F)c3)ccc(I)c2-c2nnn(Cc3ccc(OC)cc3)n2)cc1. The number of hydrogen-bond acceptors (Lipinski definition) is 10. The zero-order chi connectivity index (χ0) is 40.3. The summed E-state index contributed by atoms with van der Waals surface area (Å²) in [4.78, 5) is -1.05. The molecule has 12 nitrogen and oxygen atoms in total. The third kappa shape index (κ3) is 8.82. The summed E-state index contributed by atoms with van der Waals surface area (Å²) in [7, 11) is -5.37. The van der Waals surface area contributed by atoms with Crippen molar-refractivity contribution in [3.63, 3.8) is 0 Å². The molecule has 0 N–H and O–H groups in total. The Morgan fingerprint density at radius 3 is 1.73 bits per heavy atom. The first kappa shape index (κ1) is 40.6. The molecular formula is C38H33F3IN5O7S2. The van der Waals surface area contributed by atoms with E-state index in [4.69, 9.17) is 14.2 Å². The van der Waals surface area contributed by atoms with Crippen LogP contribution in [0.2, 0.25) is 0 Å². The van der Waals surface area contributed by atoms with Crippen molar-refractivity contribution in [1.82, 2.24) is 24.5 Å². The van der Waals surface area contributed by atoms with Gasteiger partial charge in [-0.3, -0.25) is 0 Å². The number of halogens is 4. The highest BCUT2D eigenvalue weighted by Gasteiger charge is 2.39. The molecule has 1 heterocycles. The van der Waals surface area contributed by atoms with Crippen molar-refractivity contribution in [2.45, 2.75) is 40.5 Å². The quantitative estimate of drug-likeness (QED) is 0.103. The van der Waals surface area contributed by atoms with Crippen LogP contribution in [0, 0.1) is 3.57 Å². The molecule has 56 heavy (non-hydrogen) atoms. The van der Waals surface area contributed by atoms with Crippen LogP contribution in [0.25, 0.3) is 11.4 Å². The molecule has 0 fully saturated rings. The minimum absolute atomic E-state index is 0.110. The number of tetrazole rings is 1. The highest BCUT2D eigenvalue weighted by Crippen LogP contribution is 2.40. The molecule has 0 atom stereocenters. The number of sulfone groups is 1. The largest absolute Gasteiger partial charge is 0.497 e. The molecule has 0 saturated heterocycles. The van der Waals surface area contributed by atoms with Gasteiger partial charge in [-0.05, 0) is 111 Å². The molecule has 18 heteroatoms. The highest BCUT2D eigenvalue weighted by molar-refractivity contribution is 14.1. The molecule has 5 aromatic carbocycles. The summed E-state index contributed by atoms with van der Waals surface area (Å²) < 4.78 is 118. The second-order valence-corrected chi connectivity index (χ2v) is 17.2. The summed E-state index contributed by atoms with van der Waals surface area (Å²) in [6.45, 7) is -0.382. The number of methoxy groups -OCH3 is 3. The lowest BCUT2D eigenvalue weighted by Crippen LogP contribution is -2.32. The fourth-order valence-corrected chi connectivity index (χ4v) is 10.3. The van der Waals surface area contributed by atoms with Crippen molar-refractivity contribution in [2.75, 3.05) is 21.3 Å². The van der Waals surface area contributed by atoms with Gasteiger partial charge in [0.05, 0.1) is 48.8 Å². The topological polar surface area (TPSA) is 143 Å². The average Bonchev–Trinajstić information content (AvgIpc) is 3.65. The second kappa shape index (κ2) is 16.6. The van der Waals surface area contributed by atoms with E-state index in [0.717, 1.165) is 34.1 Å². The minimum atomic E-state index is -4.97. The molecule has 0 aliphatic carbocycles. The molecule has 0 saturated carbocycles. The van der Waals surface area contributed by atoms with Gasteiger partial charge >= 0.3 is 6.18 Å². The zero-order valence-electron chi connectivity index (χ0n) is 29.9. The van der Waals surface area contributed by atoms with Crippen LogP contribution in [0.1, 0.15) is 22.3 Å². The Labute approximate surface area is 334 Å². The number of rotatable bonds is 14. The van der Waals surface area contributed by atoms with Crippen molar-refractivity contribution < 1.29 is 44.2 Å². The summed E-state index contributed by atoms with van der Waals surface area (Å²) in [5.74, 6) is 1.45. The lowest BCUT2D eigenvalue weighted by atomic mass is 10.2. The predicted molar refractivity (Wildman–Crippen MR) is 207 cm³/mol. The van der Waals surface area contributed by atoms with E-state index in [0.29, 0.717) is 34.4 Å². The number of aromatic nitrogens is 4. The molecule has 0 radical (unpaired) electrons. The lowest BCUT2D eigenvalue weighted by molar-refractivity contribution is -0.137. The molecule has 0 unspecified atom stereocenters. The van der Waals surface area contributed by atoms with E-state index in [2.05, 4.69) is 15.4 Å². The van der Waals surface area contributed by atoms with Gasteiger partial charge in [-0.15, -0.1) is 10.2 Å². The minimum Gasteiger partial charge on any atom is -0.497 e. The fraction of sp³-hybridized carbons (Fsp3) is 0.184. The molecule has 0 spiro atoms. The Bertz CT molecular complexity index is 2500. The van der Waals surface area contributed by atoms with Gasteiger partial charge in [-0.1, -0.05) is 42.5 Å². The smallest absolute Gasteiger partial charge is 0.416 e. The maximum absolute atomic E-state index is 15.4. The first-order chi connectivity index (χ1) is 26.6. The maximum atomic E-state index is 15.4. The van der Waals surface area contributed by atoms with Crippen LogP contribution in [-0.4, -0.2) is 62.7 Å². The van der Waals surface area contributed by atoms with E-state index in [1.807, 2.05) is 22.6 Å². The van der Waals surface area contributed by atoms with Gasteiger partial charge in [0, 0.05) is 16.7 Å². The molecule has 6 rings (SSSR count). The highest BCUT2D eigenvalue weighted by atomic mass is 127. The van der Waals surface area contributed by atoms with Gasteiger partial charge < -0.3 is 14.2 Å². The third-order valence-electron chi connectivity index (χ3n) is 8.63. The summed E-state index contributed by atoms with van der Waals surface area (Å²) in [5.41, 5.74) is 0.386. The zero-order valence-corrected chi connectivity index (χ0v) is 33.7. The van der Waals surface area contributed by atoms with Gasteiger partial charge in [-0.25, -0.2) is 16.8 Å². The molecule has 0 aliphatic heterocycles. The lowest BCUT2D eigenvalue weighted by Gasteiger charge is -2.26. The average molecular weight is 920 g/mol. The van der Waals surface area contributed by atoms with E-state index in [1.165, 1.54) is 32.2 Å². The van der Waals surface area contributed by atoms with E-state index in [1.54, 1.807) is 72.8 Å². The normalized spacial score (nSPS) is 12.1. The Hall–Kier alpha value is -5.05. The number of alkyl halides is 3. The third-order valence-corrected chi connectivity index (χ3v) is 13.3. The van der Waals surface area contributed by atoms with Crippen LogP contribution >= 0.6 is 22.6 Å². The maximum Gasteiger partial charge on any atom is 0.416 e. The van der Waals surface area contributed by atoms with Crippen molar-refractivity contribution >= 4 is 42.5 Å². The van der Waals surface area contributed by atoms with Gasteiger partial charge in [0.2, 0.25) is 25.7 Å². The summed E-state index contributed by atoms with van der Waals surface area (Å²) in [6, 6.07) is 25.8. The molecular weight excluding hydrogens is 886 g/mol. The standard InChI is InChI=1S/C38H33F3IN5O7S2/c1-52-29-13-7-25(8-14-29)22-46(23-26-9-15-30(53-2)16-10-26)56(50,51)36-34(55(48,49)32-6-4-5-28(21-32)38(39,40)41)20-19-33(42)35(36)37-43-45-47(44-37)24-27-11-17-31(54-3)18-12-27/h4-21H,22-24H2,1-3H3. The molecule has 0 bridgehead atoms. The number of sulfonamides is 1. The van der Waals surface area contributed by atoms with Crippen LogP contribution in [0.15, 0.2) is 124 Å². The Kier molecular flexibility index (Phi) is 12.0. The second-order valence-electron chi connectivity index (χ2n) is 12.2. The Balaban J connectivity index is 1.56. The Morgan fingerprint density at radius 2 is 1.23 bits per heavy atom. The Morgan fingerprint density at radius 1 is 0.714 bits per heavy atom. The van der Waals surface area contributed by atoms with Gasteiger partial charge in [0.25, 0.3) is 0 Å². The van der Waals surface area contributed by atoms with E-state index >= 15 is 8.42 Å². The van der Waals surface area contributed by atoms with Crippen LogP contribution in [0.5, 0.6) is 17.2 Å². The number of nitrogens with zero attached hydrogens (tertiary/aromatic N) is 5. The van der Waals surface area contributed by atoms with Gasteiger partial charge in [-0.2, -0.15) is 22.3 Å². The fourth-order valence-electron chi connectivity index (χ4n) is 5.71. The van der Waals surface area contributed by atoms with E-state index in [9.17, 15) is 21.6 Å². The van der Waals surface area contributed by atoms with Gasteiger partial charge in [0.1, 0.15) is 22.1 Å². The predicted octanol–water partition coefficient (Wildman–Crippen LogP) is 7.26. The van der Waals surface area contributed by atoms with Gasteiger partial charge in [0.15, 0.2) is 0 Å². The monoisotopic (exact) mass is 919 g/mol. The molecule has 0 amide bonds.